The summed E-state index contributed by atoms with van der Waals surface area (Å²) in [5.74, 6) is -0.312. The van der Waals surface area contributed by atoms with Gasteiger partial charge in [-0.25, -0.2) is 12.9 Å². The van der Waals surface area contributed by atoms with Crippen molar-refractivity contribution in [2.24, 2.45) is 0 Å². The second kappa shape index (κ2) is 6.62. The largest absolute Gasteiger partial charge is 0.289 e. The van der Waals surface area contributed by atoms with E-state index in [2.05, 4.69) is 0 Å². The summed E-state index contributed by atoms with van der Waals surface area (Å²) in [4.78, 5) is 0.710. The van der Waals surface area contributed by atoms with E-state index in [1.807, 2.05) is 25.1 Å². The highest BCUT2D eigenvalue weighted by atomic mass is 32.2. The summed E-state index contributed by atoms with van der Waals surface area (Å²) in [7, 11) is 0. The maximum Gasteiger partial charge on any atom is 0.266 e. The molecule has 2 aromatic carbocycles. The van der Waals surface area contributed by atoms with Crippen LogP contribution in [-0.4, -0.2) is 8.76 Å². The first-order valence-electron chi connectivity index (χ1n) is 6.88. The number of hydrogen-bond donors (Lipinski definition) is 1. The monoisotopic (exact) mass is 347 g/mol. The van der Waals surface area contributed by atoms with E-state index in [0.29, 0.717) is 21.8 Å². The molecule has 118 valence electrons. The SMILES string of the molecule is Cc1ccccc1N(c1csc(-c2ccccc2F)c1)S(=O)O. The van der Waals surface area contributed by atoms with Crippen molar-refractivity contribution in [2.75, 3.05) is 4.31 Å². The van der Waals surface area contributed by atoms with Crippen LogP contribution in [0.5, 0.6) is 0 Å². The summed E-state index contributed by atoms with van der Waals surface area (Å²) < 4.78 is 36.8. The lowest BCUT2D eigenvalue weighted by molar-refractivity contribution is 0.564. The van der Waals surface area contributed by atoms with Gasteiger partial charge in [-0.2, -0.15) is 0 Å². The molecule has 0 saturated carbocycles. The van der Waals surface area contributed by atoms with Gasteiger partial charge in [-0.05, 0) is 30.7 Å². The van der Waals surface area contributed by atoms with Crippen LogP contribution in [0.2, 0.25) is 0 Å². The number of rotatable bonds is 4. The van der Waals surface area contributed by atoms with E-state index in [1.54, 1.807) is 35.7 Å². The Morgan fingerprint density at radius 2 is 1.83 bits per heavy atom. The third-order valence-corrected chi connectivity index (χ3v) is 5.12. The van der Waals surface area contributed by atoms with Crippen LogP contribution >= 0.6 is 11.3 Å². The summed E-state index contributed by atoms with van der Waals surface area (Å²) >= 11 is -0.882. The lowest BCUT2D eigenvalue weighted by Crippen LogP contribution is -2.19. The predicted molar refractivity (Wildman–Crippen MR) is 93.8 cm³/mol. The number of anilines is 2. The molecule has 1 aromatic heterocycles. The highest BCUT2D eigenvalue weighted by Crippen LogP contribution is 2.37. The van der Waals surface area contributed by atoms with E-state index < -0.39 is 11.3 Å². The second-order valence-corrected chi connectivity index (χ2v) is 6.70. The molecule has 3 aromatic rings. The van der Waals surface area contributed by atoms with E-state index in [-0.39, 0.29) is 5.82 Å². The fourth-order valence-corrected chi connectivity index (χ4v) is 3.97. The predicted octanol–water partition coefficient (Wildman–Crippen LogP) is 5.14. The Labute approximate surface area is 140 Å². The minimum Gasteiger partial charge on any atom is -0.289 e. The number of thiophene rings is 1. The van der Waals surface area contributed by atoms with Crippen molar-refractivity contribution in [2.45, 2.75) is 6.92 Å². The van der Waals surface area contributed by atoms with Crippen LogP contribution in [0.25, 0.3) is 10.4 Å². The Hall–Kier alpha value is -2.02. The van der Waals surface area contributed by atoms with Gasteiger partial charge in [-0.1, -0.05) is 36.4 Å². The topological polar surface area (TPSA) is 40.5 Å². The normalized spacial score (nSPS) is 12.1. The third-order valence-electron chi connectivity index (χ3n) is 3.45. The highest BCUT2D eigenvalue weighted by molar-refractivity contribution is 7.81. The smallest absolute Gasteiger partial charge is 0.266 e. The number of nitrogens with zero attached hydrogens (tertiary/aromatic N) is 1. The summed E-state index contributed by atoms with van der Waals surface area (Å²) in [6.45, 7) is 1.87. The van der Waals surface area contributed by atoms with E-state index in [9.17, 15) is 13.2 Å². The van der Waals surface area contributed by atoms with Crippen LogP contribution in [0.4, 0.5) is 15.8 Å². The summed E-state index contributed by atoms with van der Waals surface area (Å²) in [5, 5.41) is 1.75. The van der Waals surface area contributed by atoms with Crippen molar-refractivity contribution in [3.8, 4) is 10.4 Å². The van der Waals surface area contributed by atoms with Gasteiger partial charge in [0.05, 0.1) is 11.4 Å². The average Bonchev–Trinajstić information content (AvgIpc) is 2.99. The van der Waals surface area contributed by atoms with Crippen LogP contribution in [0.3, 0.4) is 0 Å². The van der Waals surface area contributed by atoms with Crippen LogP contribution in [0.15, 0.2) is 60.0 Å². The quantitative estimate of drug-likeness (QED) is 0.664. The lowest BCUT2D eigenvalue weighted by Gasteiger charge is -2.20. The molecule has 1 atom stereocenters. The number of aryl methyl sites for hydroxylation is 1. The lowest BCUT2D eigenvalue weighted by atomic mass is 10.1. The standard InChI is InChI=1S/C17H14FNO2S2/c1-12-6-2-5-9-16(12)19(23(20)21)13-10-17(22-11-13)14-7-3-4-8-15(14)18/h2-11H,1H3,(H,20,21). The first-order chi connectivity index (χ1) is 11.1. The van der Waals surface area contributed by atoms with Crippen LogP contribution in [0, 0.1) is 12.7 Å². The van der Waals surface area contributed by atoms with Crippen LogP contribution in [0.1, 0.15) is 5.56 Å². The first-order valence-corrected chi connectivity index (χ1v) is 8.82. The minimum atomic E-state index is -2.22. The van der Waals surface area contributed by atoms with Gasteiger partial charge in [0, 0.05) is 15.8 Å². The number of benzene rings is 2. The van der Waals surface area contributed by atoms with E-state index in [4.69, 9.17) is 0 Å². The molecule has 0 fully saturated rings. The molecule has 3 rings (SSSR count). The summed E-state index contributed by atoms with van der Waals surface area (Å²) in [6, 6.07) is 15.6. The van der Waals surface area contributed by atoms with Crippen molar-refractivity contribution < 1.29 is 13.2 Å². The van der Waals surface area contributed by atoms with Crippen molar-refractivity contribution in [3.63, 3.8) is 0 Å². The Morgan fingerprint density at radius 3 is 2.52 bits per heavy atom. The Kier molecular flexibility index (Phi) is 4.56. The van der Waals surface area contributed by atoms with Crippen molar-refractivity contribution >= 4 is 34.0 Å². The maximum absolute atomic E-state index is 13.9. The molecule has 0 aliphatic rings. The molecular formula is C17H14FNO2S2. The fourth-order valence-electron chi connectivity index (χ4n) is 2.34. The number of hydrogen-bond acceptors (Lipinski definition) is 2. The molecule has 0 radical (unpaired) electrons. The Morgan fingerprint density at radius 1 is 1.13 bits per heavy atom. The van der Waals surface area contributed by atoms with Gasteiger partial charge in [0.15, 0.2) is 0 Å². The second-order valence-electron chi connectivity index (χ2n) is 4.96. The molecule has 6 heteroatoms. The van der Waals surface area contributed by atoms with Crippen LogP contribution < -0.4 is 4.31 Å². The van der Waals surface area contributed by atoms with Gasteiger partial charge in [0.1, 0.15) is 5.82 Å². The molecule has 23 heavy (non-hydrogen) atoms. The van der Waals surface area contributed by atoms with Crippen molar-refractivity contribution in [1.82, 2.24) is 0 Å². The molecule has 1 unspecified atom stereocenters. The van der Waals surface area contributed by atoms with Gasteiger partial charge in [-0.3, -0.25) is 4.55 Å². The van der Waals surface area contributed by atoms with Gasteiger partial charge < -0.3 is 0 Å². The van der Waals surface area contributed by atoms with Gasteiger partial charge >= 0.3 is 0 Å². The molecule has 0 spiro atoms. The zero-order valence-electron chi connectivity index (χ0n) is 12.3. The molecular weight excluding hydrogens is 333 g/mol. The molecule has 1 N–H and O–H groups in total. The summed E-state index contributed by atoms with van der Waals surface area (Å²) in [5.41, 5.74) is 2.57. The minimum absolute atomic E-state index is 0.312. The molecule has 0 aliphatic carbocycles. The average molecular weight is 347 g/mol. The number of halogens is 1. The molecule has 0 bridgehead atoms. The van der Waals surface area contributed by atoms with E-state index in [0.717, 1.165) is 5.56 Å². The fraction of sp³-hybridized carbons (Fsp3) is 0.0588. The van der Waals surface area contributed by atoms with Crippen molar-refractivity contribution in [1.29, 1.82) is 0 Å². The number of para-hydroxylation sites is 1. The highest BCUT2D eigenvalue weighted by Gasteiger charge is 2.19. The van der Waals surface area contributed by atoms with Crippen molar-refractivity contribution in [3.05, 3.63) is 71.4 Å². The Balaban J connectivity index is 2.05. The van der Waals surface area contributed by atoms with Crippen LogP contribution in [-0.2, 0) is 11.3 Å². The zero-order valence-corrected chi connectivity index (χ0v) is 13.9. The molecule has 1 heterocycles. The maximum atomic E-state index is 13.9. The molecule has 0 amide bonds. The Bertz CT molecular complexity index is 863. The van der Waals surface area contributed by atoms with E-state index >= 15 is 0 Å². The third kappa shape index (κ3) is 3.19. The molecule has 0 saturated heterocycles. The van der Waals surface area contributed by atoms with Gasteiger partial charge in [0.2, 0.25) is 0 Å². The van der Waals surface area contributed by atoms with Gasteiger partial charge in [0.25, 0.3) is 11.3 Å². The van der Waals surface area contributed by atoms with E-state index in [1.165, 1.54) is 21.7 Å². The zero-order chi connectivity index (χ0) is 16.4. The summed E-state index contributed by atoms with van der Waals surface area (Å²) in [6.07, 6.45) is 0. The van der Waals surface area contributed by atoms with Gasteiger partial charge in [-0.15, -0.1) is 11.3 Å². The molecule has 0 aliphatic heterocycles. The first kappa shape index (κ1) is 15.9. The molecule has 3 nitrogen and oxygen atoms in total.